The largest absolute Gasteiger partial charge is 0.480 e. The number of nitrogens with zero attached hydrogens (tertiary/aromatic N) is 3. The van der Waals surface area contributed by atoms with E-state index in [2.05, 4.69) is 58.6 Å². The van der Waals surface area contributed by atoms with Gasteiger partial charge in [0.05, 0.1) is 26.5 Å². The van der Waals surface area contributed by atoms with Crippen LogP contribution in [0.4, 0.5) is 0 Å². The smallest absolute Gasteiger partial charge is 0.279 e. The lowest BCUT2D eigenvalue weighted by Crippen LogP contribution is -2.20. The third kappa shape index (κ3) is 6.95. The lowest BCUT2D eigenvalue weighted by atomic mass is 10.1. The van der Waals surface area contributed by atoms with Crippen LogP contribution in [0.15, 0.2) is 102 Å². The van der Waals surface area contributed by atoms with Gasteiger partial charge in [-0.25, -0.2) is 9.67 Å². The van der Waals surface area contributed by atoms with Crippen molar-refractivity contribution in [2.75, 3.05) is 7.11 Å². The van der Waals surface area contributed by atoms with Crippen LogP contribution in [0.25, 0.3) is 10.8 Å². The molecule has 0 bridgehead atoms. The van der Waals surface area contributed by atoms with Gasteiger partial charge in [0.25, 0.3) is 5.56 Å². The van der Waals surface area contributed by atoms with Crippen molar-refractivity contribution in [2.45, 2.75) is 25.8 Å². The van der Waals surface area contributed by atoms with E-state index in [0.29, 0.717) is 42.4 Å². The van der Waals surface area contributed by atoms with Crippen LogP contribution in [0.1, 0.15) is 27.9 Å². The fraction of sp³-hybridized carbons (Fsp3) is 0.194. The summed E-state index contributed by atoms with van der Waals surface area (Å²) < 4.78 is 19.2. The van der Waals surface area contributed by atoms with Crippen LogP contribution in [0.5, 0.6) is 5.88 Å². The molecule has 2 heterocycles. The quantitative estimate of drug-likeness (QED) is 0.187. The molecule has 2 aromatic heterocycles. The summed E-state index contributed by atoms with van der Waals surface area (Å²) in [5.74, 6) is 0.318. The first-order chi connectivity index (χ1) is 19.1. The van der Waals surface area contributed by atoms with Gasteiger partial charge < -0.3 is 13.8 Å². The molecular formula is C31H30N3O4P. The second-order valence-electron chi connectivity index (χ2n) is 9.16. The Labute approximate surface area is 228 Å². The Morgan fingerprint density at radius 2 is 1.38 bits per heavy atom. The van der Waals surface area contributed by atoms with Crippen LogP contribution in [-0.2, 0) is 41.9 Å². The van der Waals surface area contributed by atoms with Crippen molar-refractivity contribution in [2.24, 2.45) is 7.05 Å². The Morgan fingerprint density at radius 3 is 1.97 bits per heavy atom. The Kier molecular flexibility index (Phi) is 8.74. The zero-order valence-corrected chi connectivity index (χ0v) is 22.9. The highest BCUT2D eigenvalue weighted by Crippen LogP contribution is 2.44. The van der Waals surface area contributed by atoms with E-state index in [9.17, 15) is 4.79 Å². The van der Waals surface area contributed by atoms with Crippen molar-refractivity contribution in [3.05, 3.63) is 135 Å². The van der Waals surface area contributed by atoms with Gasteiger partial charge in [-0.15, -0.1) is 0 Å². The molecule has 5 aromatic rings. The van der Waals surface area contributed by atoms with Crippen LogP contribution in [-0.4, -0.2) is 21.9 Å². The topological polar surface area (TPSA) is 75.5 Å². The van der Waals surface area contributed by atoms with E-state index in [1.165, 1.54) is 11.8 Å². The number of aryl methyl sites for hydroxylation is 1. The Hall–Kier alpha value is -3.90. The third-order valence-corrected chi connectivity index (χ3v) is 7.75. The molecule has 0 fully saturated rings. The maximum atomic E-state index is 12.5. The summed E-state index contributed by atoms with van der Waals surface area (Å²) in [4.78, 5) is 17.1. The molecule has 0 aliphatic carbocycles. The van der Waals surface area contributed by atoms with Crippen LogP contribution < -0.4 is 10.3 Å². The fourth-order valence-corrected chi connectivity index (χ4v) is 5.55. The number of ether oxygens (including phenoxy) is 1. The van der Waals surface area contributed by atoms with Gasteiger partial charge in [-0.2, -0.15) is 5.10 Å². The first-order valence-electron chi connectivity index (χ1n) is 12.7. The molecule has 0 saturated carbocycles. The summed E-state index contributed by atoms with van der Waals surface area (Å²) in [6, 6.07) is 30.6. The van der Waals surface area contributed by atoms with E-state index < -0.39 is 8.38 Å². The summed E-state index contributed by atoms with van der Waals surface area (Å²) in [6.45, 7) is 1.01. The normalized spacial score (nSPS) is 11.3. The van der Waals surface area contributed by atoms with Crippen molar-refractivity contribution < 1.29 is 13.8 Å². The molecule has 0 aliphatic heterocycles. The predicted molar refractivity (Wildman–Crippen MR) is 154 cm³/mol. The van der Waals surface area contributed by atoms with Gasteiger partial charge in [0, 0.05) is 30.7 Å². The monoisotopic (exact) mass is 539 g/mol. The first kappa shape index (κ1) is 26.7. The highest BCUT2D eigenvalue weighted by atomic mass is 31.2. The Morgan fingerprint density at radius 1 is 0.795 bits per heavy atom. The number of pyridine rings is 1. The summed E-state index contributed by atoms with van der Waals surface area (Å²) in [6.07, 6.45) is 2.96. The molecule has 0 spiro atoms. The second-order valence-corrected chi connectivity index (χ2v) is 10.7. The number of methoxy groups -OCH3 is 1. The van der Waals surface area contributed by atoms with Crippen molar-refractivity contribution >= 4 is 19.1 Å². The second kappa shape index (κ2) is 12.8. The minimum atomic E-state index is -1.14. The van der Waals surface area contributed by atoms with Gasteiger partial charge >= 0.3 is 0 Å². The van der Waals surface area contributed by atoms with E-state index in [4.69, 9.17) is 13.8 Å². The molecule has 0 amide bonds. The zero-order chi connectivity index (χ0) is 27.0. The highest BCUT2D eigenvalue weighted by molar-refractivity contribution is 7.46. The van der Waals surface area contributed by atoms with Crippen LogP contribution in [0.2, 0.25) is 0 Å². The minimum absolute atomic E-state index is 0.229. The van der Waals surface area contributed by atoms with Crippen LogP contribution in [0.3, 0.4) is 0 Å². The molecule has 0 atom stereocenters. The molecule has 3 aromatic carbocycles. The molecule has 0 aliphatic rings. The van der Waals surface area contributed by atoms with Gasteiger partial charge in [0.1, 0.15) is 5.39 Å². The summed E-state index contributed by atoms with van der Waals surface area (Å²) in [7, 11) is 2.00. The SMILES string of the molecule is COc1nc(Cc2ccc(CP(OCc3ccccc3)OCc3ccccc3)cc2)cc2cnn(C)c(=O)c12. The van der Waals surface area contributed by atoms with E-state index in [1.54, 1.807) is 13.2 Å². The summed E-state index contributed by atoms with van der Waals surface area (Å²) in [5, 5.41) is 5.29. The van der Waals surface area contributed by atoms with E-state index in [1.807, 2.05) is 42.5 Å². The lowest BCUT2D eigenvalue weighted by molar-refractivity contribution is 0.234. The van der Waals surface area contributed by atoms with Crippen LogP contribution >= 0.6 is 8.38 Å². The number of benzene rings is 3. The van der Waals surface area contributed by atoms with Gasteiger partial charge in [0.2, 0.25) is 5.88 Å². The maximum Gasteiger partial charge on any atom is 0.279 e. The zero-order valence-electron chi connectivity index (χ0n) is 22.0. The van der Waals surface area contributed by atoms with E-state index in [0.717, 1.165) is 27.9 Å². The molecule has 5 rings (SSSR count). The first-order valence-corrected chi connectivity index (χ1v) is 14.0. The van der Waals surface area contributed by atoms with Gasteiger partial charge in [-0.05, 0) is 28.3 Å². The third-order valence-electron chi connectivity index (χ3n) is 6.30. The molecule has 8 heteroatoms. The predicted octanol–water partition coefficient (Wildman–Crippen LogP) is 6.17. The molecule has 0 radical (unpaired) electrons. The summed E-state index contributed by atoms with van der Waals surface area (Å²) in [5.41, 5.74) is 5.06. The van der Waals surface area contributed by atoms with Gasteiger partial charge in [-0.3, -0.25) is 4.79 Å². The molecule has 0 saturated heterocycles. The number of hydrogen-bond donors (Lipinski definition) is 0. The Bertz CT molecular complexity index is 1530. The highest BCUT2D eigenvalue weighted by Gasteiger charge is 2.15. The van der Waals surface area contributed by atoms with Gasteiger partial charge in [0.15, 0.2) is 8.38 Å². The standard InChI is InChI=1S/C31H30N3O4P/c1-34-31(35)29-27(19-32-34)18-28(33-30(29)36-2)17-23-13-15-26(16-14-23)22-39(37-20-24-9-5-3-6-10-24)38-21-25-11-7-4-8-12-25/h3-16,18-19H,17,20-22H2,1-2H3. The number of hydrogen-bond acceptors (Lipinski definition) is 6. The Balaban J connectivity index is 1.28. The van der Waals surface area contributed by atoms with Crippen LogP contribution in [0, 0.1) is 0 Å². The average Bonchev–Trinajstić information content (AvgIpc) is 2.98. The molecule has 198 valence electrons. The molecule has 0 N–H and O–H groups in total. The van der Waals surface area contributed by atoms with Crippen molar-refractivity contribution in [1.82, 2.24) is 14.8 Å². The molecule has 7 nitrogen and oxygen atoms in total. The fourth-order valence-electron chi connectivity index (χ4n) is 4.20. The average molecular weight is 540 g/mol. The number of aromatic nitrogens is 3. The van der Waals surface area contributed by atoms with E-state index >= 15 is 0 Å². The minimum Gasteiger partial charge on any atom is -0.480 e. The van der Waals surface area contributed by atoms with Crippen molar-refractivity contribution in [3.63, 3.8) is 0 Å². The van der Waals surface area contributed by atoms with Gasteiger partial charge in [-0.1, -0.05) is 84.9 Å². The van der Waals surface area contributed by atoms with E-state index in [-0.39, 0.29) is 5.56 Å². The molecule has 0 unspecified atom stereocenters. The molecule has 39 heavy (non-hydrogen) atoms. The number of rotatable bonds is 11. The number of fused-ring (bicyclic) bond motifs is 1. The summed E-state index contributed by atoms with van der Waals surface area (Å²) >= 11 is 0. The molecular weight excluding hydrogens is 509 g/mol. The van der Waals surface area contributed by atoms with Crippen molar-refractivity contribution in [1.29, 1.82) is 0 Å². The van der Waals surface area contributed by atoms with Crippen molar-refractivity contribution in [3.8, 4) is 5.88 Å². The lowest BCUT2D eigenvalue weighted by Gasteiger charge is -2.18. The maximum absolute atomic E-state index is 12.5.